The molecule has 0 aliphatic rings. The molecule has 0 radical (unpaired) electrons. The number of aromatic nitrogens is 2. The molecular weight excluding hydrogens is 272 g/mol. The summed E-state index contributed by atoms with van der Waals surface area (Å²) in [5.41, 5.74) is 0.282. The van der Waals surface area contributed by atoms with Crippen molar-refractivity contribution < 1.29 is 9.59 Å². The number of rotatable bonds is 3. The number of aryl methyl sites for hydroxylation is 1. The van der Waals surface area contributed by atoms with Crippen LogP contribution in [0.2, 0.25) is 0 Å². The topological polar surface area (TPSA) is 93.1 Å². The summed E-state index contributed by atoms with van der Waals surface area (Å²) >= 11 is 0. The highest BCUT2D eigenvalue weighted by Gasteiger charge is 2.12. The number of urea groups is 1. The van der Waals surface area contributed by atoms with Crippen LogP contribution in [0.4, 0.5) is 4.79 Å². The van der Waals surface area contributed by atoms with Gasteiger partial charge < -0.3 is 5.32 Å². The van der Waals surface area contributed by atoms with Crippen LogP contribution < -0.4 is 16.2 Å². The standard InChI is InChI=1S/C14H16N4O3/c1-3-15-14(21)17-12(19)8-18-9(2)16-11-7-5-4-6-10(11)13(18)20/h4-7H,3,8H2,1-2H3,(H2,15,17,19,21). The van der Waals surface area contributed by atoms with E-state index in [9.17, 15) is 14.4 Å². The van der Waals surface area contributed by atoms with E-state index >= 15 is 0 Å². The maximum absolute atomic E-state index is 12.3. The van der Waals surface area contributed by atoms with E-state index in [2.05, 4.69) is 15.6 Å². The van der Waals surface area contributed by atoms with Crippen LogP contribution >= 0.6 is 0 Å². The first-order chi connectivity index (χ1) is 10.0. The number of carbonyl (C=O) groups is 2. The summed E-state index contributed by atoms with van der Waals surface area (Å²) in [5.74, 6) is -0.145. The van der Waals surface area contributed by atoms with Gasteiger partial charge in [0.15, 0.2) is 0 Å². The Kier molecular flexibility index (Phi) is 4.32. The van der Waals surface area contributed by atoms with Crippen LogP contribution in [0.1, 0.15) is 12.7 Å². The fourth-order valence-corrected chi connectivity index (χ4v) is 1.98. The highest BCUT2D eigenvalue weighted by molar-refractivity contribution is 5.94. The van der Waals surface area contributed by atoms with Crippen molar-refractivity contribution in [2.45, 2.75) is 20.4 Å². The third kappa shape index (κ3) is 3.25. The van der Waals surface area contributed by atoms with E-state index in [4.69, 9.17) is 0 Å². The largest absolute Gasteiger partial charge is 0.338 e. The molecule has 0 unspecified atom stereocenters. The van der Waals surface area contributed by atoms with Gasteiger partial charge in [-0.3, -0.25) is 19.5 Å². The molecule has 0 aliphatic heterocycles. The van der Waals surface area contributed by atoms with Gasteiger partial charge >= 0.3 is 6.03 Å². The van der Waals surface area contributed by atoms with Gasteiger partial charge in [0.1, 0.15) is 12.4 Å². The number of benzene rings is 1. The van der Waals surface area contributed by atoms with Crippen LogP contribution in [0.5, 0.6) is 0 Å². The first kappa shape index (κ1) is 14.7. The van der Waals surface area contributed by atoms with Crippen LogP contribution in [-0.2, 0) is 11.3 Å². The average Bonchev–Trinajstić information content (AvgIpc) is 2.43. The summed E-state index contributed by atoms with van der Waals surface area (Å²) in [7, 11) is 0. The predicted octanol–water partition coefficient (Wildman–Crippen LogP) is 0.551. The summed E-state index contributed by atoms with van der Waals surface area (Å²) in [6.07, 6.45) is 0. The number of nitrogens with zero attached hydrogens (tertiary/aromatic N) is 2. The third-order valence-corrected chi connectivity index (χ3v) is 2.94. The number of carbonyl (C=O) groups excluding carboxylic acids is 2. The van der Waals surface area contributed by atoms with E-state index < -0.39 is 11.9 Å². The van der Waals surface area contributed by atoms with Gasteiger partial charge in [0.2, 0.25) is 5.91 Å². The van der Waals surface area contributed by atoms with Crippen LogP contribution in [-0.4, -0.2) is 28.0 Å². The quantitative estimate of drug-likeness (QED) is 0.862. The van der Waals surface area contributed by atoms with E-state index in [1.54, 1.807) is 38.1 Å². The molecule has 0 saturated carbocycles. The molecule has 1 heterocycles. The van der Waals surface area contributed by atoms with E-state index in [0.717, 1.165) is 0 Å². The van der Waals surface area contributed by atoms with Gasteiger partial charge in [0.05, 0.1) is 10.9 Å². The summed E-state index contributed by atoms with van der Waals surface area (Å²) in [6, 6.07) is 6.34. The van der Waals surface area contributed by atoms with Gasteiger partial charge in [-0.2, -0.15) is 0 Å². The highest BCUT2D eigenvalue weighted by atomic mass is 16.2. The molecule has 0 atom stereocenters. The molecule has 0 saturated heterocycles. The molecule has 1 aromatic heterocycles. The van der Waals surface area contributed by atoms with Gasteiger partial charge in [-0.1, -0.05) is 12.1 Å². The lowest BCUT2D eigenvalue weighted by Crippen LogP contribution is -2.42. The number of fused-ring (bicyclic) bond motifs is 1. The summed E-state index contributed by atoms with van der Waals surface area (Å²) in [5, 5.41) is 5.04. The summed E-state index contributed by atoms with van der Waals surface area (Å²) < 4.78 is 1.25. The van der Waals surface area contributed by atoms with Crippen molar-refractivity contribution in [3.05, 3.63) is 40.4 Å². The molecule has 2 aromatic rings. The van der Waals surface area contributed by atoms with Crippen molar-refractivity contribution >= 4 is 22.8 Å². The van der Waals surface area contributed by atoms with Crippen LogP contribution in [0.3, 0.4) is 0 Å². The molecular formula is C14H16N4O3. The van der Waals surface area contributed by atoms with Crippen LogP contribution in [0.25, 0.3) is 10.9 Å². The molecule has 3 amide bonds. The average molecular weight is 288 g/mol. The number of hydrogen-bond acceptors (Lipinski definition) is 4. The predicted molar refractivity (Wildman–Crippen MR) is 78.0 cm³/mol. The van der Waals surface area contributed by atoms with Crippen LogP contribution in [0.15, 0.2) is 29.1 Å². The highest BCUT2D eigenvalue weighted by Crippen LogP contribution is 2.07. The van der Waals surface area contributed by atoms with E-state index in [1.807, 2.05) is 0 Å². The molecule has 21 heavy (non-hydrogen) atoms. The second kappa shape index (κ2) is 6.17. The summed E-state index contributed by atoms with van der Waals surface area (Å²) in [6.45, 7) is 3.55. The smallest absolute Gasteiger partial charge is 0.321 e. The first-order valence-electron chi connectivity index (χ1n) is 6.56. The Morgan fingerprint density at radius 1 is 1.29 bits per heavy atom. The third-order valence-electron chi connectivity index (χ3n) is 2.94. The van der Waals surface area contributed by atoms with Crippen LogP contribution in [0, 0.1) is 6.92 Å². The number of imide groups is 1. The van der Waals surface area contributed by atoms with Crippen molar-refractivity contribution in [3.63, 3.8) is 0 Å². The molecule has 7 nitrogen and oxygen atoms in total. The minimum Gasteiger partial charge on any atom is -0.338 e. The van der Waals surface area contributed by atoms with Gasteiger partial charge in [-0.15, -0.1) is 0 Å². The SMILES string of the molecule is CCNC(=O)NC(=O)Cn1c(C)nc2ccccc2c1=O. The Balaban J connectivity index is 2.28. The number of amides is 3. The van der Waals surface area contributed by atoms with Gasteiger partial charge in [0, 0.05) is 6.54 Å². The number of para-hydroxylation sites is 1. The van der Waals surface area contributed by atoms with Gasteiger partial charge in [-0.05, 0) is 26.0 Å². The van der Waals surface area contributed by atoms with Gasteiger partial charge in [0.25, 0.3) is 5.56 Å². The molecule has 110 valence electrons. The molecule has 2 rings (SSSR count). The van der Waals surface area contributed by atoms with E-state index in [1.165, 1.54) is 4.57 Å². The van der Waals surface area contributed by atoms with E-state index in [0.29, 0.717) is 23.3 Å². The molecule has 0 fully saturated rings. The second-order valence-corrected chi connectivity index (χ2v) is 4.48. The Morgan fingerprint density at radius 3 is 2.71 bits per heavy atom. The molecule has 0 aliphatic carbocycles. The lowest BCUT2D eigenvalue weighted by atomic mass is 10.2. The Labute approximate surface area is 121 Å². The summed E-state index contributed by atoms with van der Waals surface area (Å²) in [4.78, 5) is 39.7. The van der Waals surface area contributed by atoms with Crippen molar-refractivity contribution in [1.82, 2.24) is 20.2 Å². The minimum absolute atomic E-state index is 0.250. The Bertz CT molecular complexity index is 751. The molecule has 2 N–H and O–H groups in total. The zero-order valence-electron chi connectivity index (χ0n) is 11.8. The molecule has 0 bridgehead atoms. The number of nitrogens with one attached hydrogen (secondary N) is 2. The van der Waals surface area contributed by atoms with Crippen molar-refractivity contribution in [2.75, 3.05) is 6.54 Å². The Morgan fingerprint density at radius 2 is 2.00 bits per heavy atom. The molecule has 1 aromatic carbocycles. The normalized spacial score (nSPS) is 10.4. The monoisotopic (exact) mass is 288 g/mol. The lowest BCUT2D eigenvalue weighted by molar-refractivity contribution is -0.120. The van der Waals surface area contributed by atoms with Crippen molar-refractivity contribution in [3.8, 4) is 0 Å². The maximum Gasteiger partial charge on any atom is 0.321 e. The minimum atomic E-state index is -0.582. The Hall–Kier alpha value is -2.70. The van der Waals surface area contributed by atoms with Crippen molar-refractivity contribution in [2.24, 2.45) is 0 Å². The lowest BCUT2D eigenvalue weighted by Gasteiger charge is -2.10. The zero-order chi connectivity index (χ0) is 15.4. The second-order valence-electron chi connectivity index (χ2n) is 4.48. The molecule has 7 heteroatoms. The van der Waals surface area contributed by atoms with E-state index in [-0.39, 0.29) is 12.1 Å². The first-order valence-corrected chi connectivity index (χ1v) is 6.56. The fraction of sp³-hybridized carbons (Fsp3) is 0.286. The number of hydrogen-bond donors (Lipinski definition) is 2. The maximum atomic E-state index is 12.3. The van der Waals surface area contributed by atoms with Gasteiger partial charge in [-0.25, -0.2) is 9.78 Å². The fourth-order valence-electron chi connectivity index (χ4n) is 1.98. The van der Waals surface area contributed by atoms with Crippen molar-refractivity contribution in [1.29, 1.82) is 0 Å². The molecule has 0 spiro atoms. The zero-order valence-corrected chi connectivity index (χ0v) is 11.8.